The highest BCUT2D eigenvalue weighted by Crippen LogP contribution is 2.30. The van der Waals surface area contributed by atoms with Crippen molar-refractivity contribution in [2.75, 3.05) is 62.3 Å². The number of aryl methyl sites for hydroxylation is 1. The van der Waals surface area contributed by atoms with Gasteiger partial charge in [0.1, 0.15) is 22.8 Å². The van der Waals surface area contributed by atoms with Gasteiger partial charge in [0.05, 0.1) is 18.6 Å². The van der Waals surface area contributed by atoms with Crippen molar-refractivity contribution in [2.45, 2.75) is 6.92 Å². The number of carbonyl (C=O) groups excluding carboxylic acids is 1. The molecule has 0 radical (unpaired) electrons. The van der Waals surface area contributed by atoms with E-state index in [-0.39, 0.29) is 22.9 Å². The number of benzene rings is 1. The molecular weight excluding hydrogens is 467 g/mol. The third-order valence-electron chi connectivity index (χ3n) is 6.57. The van der Waals surface area contributed by atoms with Crippen molar-refractivity contribution in [1.29, 1.82) is 0 Å². The van der Waals surface area contributed by atoms with E-state index in [0.29, 0.717) is 75.3 Å². The number of piperazine rings is 1. The minimum absolute atomic E-state index is 0.124. The van der Waals surface area contributed by atoms with Crippen molar-refractivity contribution < 1.29 is 19.0 Å². The zero-order valence-corrected chi connectivity index (χ0v) is 20.0. The Morgan fingerprint density at radius 3 is 2.50 bits per heavy atom. The van der Waals surface area contributed by atoms with E-state index in [1.54, 1.807) is 17.9 Å². The summed E-state index contributed by atoms with van der Waals surface area (Å²) in [6.07, 6.45) is 1.30. The lowest BCUT2D eigenvalue weighted by molar-refractivity contribution is -0.126. The van der Waals surface area contributed by atoms with E-state index < -0.39 is 11.4 Å². The number of hydrogen-bond acceptors (Lipinski definition) is 8. The van der Waals surface area contributed by atoms with Gasteiger partial charge in [0, 0.05) is 45.0 Å². The number of nitrogens with zero attached hydrogens (tertiary/aromatic N) is 6. The van der Waals surface area contributed by atoms with Crippen molar-refractivity contribution >= 4 is 28.6 Å². The number of pyridine rings is 1. The molecule has 0 unspecified atom stereocenters. The molecule has 2 aliphatic heterocycles. The van der Waals surface area contributed by atoms with E-state index in [2.05, 4.69) is 11.6 Å². The molecule has 3 aromatic rings. The Morgan fingerprint density at radius 1 is 1.11 bits per heavy atom. The second-order valence-corrected chi connectivity index (χ2v) is 8.76. The summed E-state index contributed by atoms with van der Waals surface area (Å²) in [4.78, 5) is 41.0. The number of ether oxygens (including phenoxy) is 1. The summed E-state index contributed by atoms with van der Waals surface area (Å²) in [5, 5.41) is 10.9. The van der Waals surface area contributed by atoms with E-state index in [1.165, 1.54) is 24.3 Å². The molecule has 188 valence electrons. The highest BCUT2D eigenvalue weighted by atomic mass is 19.1. The zero-order chi connectivity index (χ0) is 25.4. The van der Waals surface area contributed by atoms with Crippen LogP contribution in [0.15, 0.2) is 41.7 Å². The van der Waals surface area contributed by atoms with Crippen LogP contribution in [0, 0.1) is 12.7 Å². The van der Waals surface area contributed by atoms with Gasteiger partial charge >= 0.3 is 0 Å². The smallest absolute Gasteiger partial charge is 0.282 e. The third kappa shape index (κ3) is 4.15. The lowest BCUT2D eigenvalue weighted by Gasteiger charge is -2.36. The predicted octanol–water partition coefficient (Wildman–Crippen LogP) is 1.61. The molecule has 1 amide bonds. The maximum atomic E-state index is 14.7. The summed E-state index contributed by atoms with van der Waals surface area (Å²) in [5.41, 5.74) is -0.216. The summed E-state index contributed by atoms with van der Waals surface area (Å²) < 4.78 is 21.3. The molecule has 2 saturated heterocycles. The molecule has 1 aromatic carbocycles. The fraction of sp³-hybridized carbons (Fsp3) is 0.360. The van der Waals surface area contributed by atoms with Gasteiger partial charge in [-0.25, -0.2) is 9.37 Å². The zero-order valence-electron chi connectivity index (χ0n) is 20.0. The number of halogens is 1. The first-order chi connectivity index (χ1) is 17.4. The Bertz CT molecular complexity index is 1370. The minimum atomic E-state index is -0.717. The Balaban J connectivity index is 1.68. The van der Waals surface area contributed by atoms with Crippen molar-refractivity contribution in [1.82, 2.24) is 19.4 Å². The summed E-state index contributed by atoms with van der Waals surface area (Å²) in [5.74, 6) is -0.219. The van der Waals surface area contributed by atoms with Crippen LogP contribution in [-0.4, -0.2) is 82.9 Å². The molecule has 1 N–H and O–H groups in total. The maximum absolute atomic E-state index is 14.7. The van der Waals surface area contributed by atoms with Gasteiger partial charge in [0.2, 0.25) is 11.9 Å². The van der Waals surface area contributed by atoms with Crippen molar-refractivity contribution in [3.05, 3.63) is 58.8 Å². The average Bonchev–Trinajstić information content (AvgIpc) is 2.90. The van der Waals surface area contributed by atoms with Gasteiger partial charge in [-0.15, -0.1) is 0 Å². The Labute approximate surface area is 206 Å². The molecule has 10 nitrogen and oxygen atoms in total. The first kappa shape index (κ1) is 23.7. The van der Waals surface area contributed by atoms with E-state index >= 15 is 0 Å². The number of rotatable bonds is 4. The SMILES string of the molecule is C=CC(=O)N1CCN(c2nc(N3CCOCC3)nc3c(=O)n(-c4c(O)cccc4F)c(C)cc23)CC1. The molecule has 0 atom stereocenters. The van der Waals surface area contributed by atoms with Crippen molar-refractivity contribution in [3.63, 3.8) is 0 Å². The molecular formula is C25H27FN6O4. The number of phenolic OH excluding ortho intramolecular Hbond substituents is 1. The molecule has 36 heavy (non-hydrogen) atoms. The standard InChI is InChI=1S/C25H27FN6O4/c1-3-20(34)29-7-9-30(10-8-29)23-17-15-16(2)32(22-18(26)5-4-6-19(22)33)24(35)21(17)27-25(28-23)31-11-13-36-14-12-31/h3-6,15,33H,1,7-14H2,2H3. The summed E-state index contributed by atoms with van der Waals surface area (Å²) in [7, 11) is 0. The number of phenols is 1. The van der Waals surface area contributed by atoms with Gasteiger partial charge in [0.15, 0.2) is 5.82 Å². The molecule has 5 rings (SSSR count). The molecule has 0 aliphatic carbocycles. The number of hydrogen-bond donors (Lipinski definition) is 1. The van der Waals surface area contributed by atoms with Crippen LogP contribution in [0.2, 0.25) is 0 Å². The van der Waals surface area contributed by atoms with Gasteiger partial charge in [-0.05, 0) is 31.2 Å². The van der Waals surface area contributed by atoms with E-state index in [0.717, 1.165) is 4.57 Å². The van der Waals surface area contributed by atoms with Crippen LogP contribution < -0.4 is 15.4 Å². The molecule has 0 bridgehead atoms. The van der Waals surface area contributed by atoms with Crippen LogP contribution in [0.5, 0.6) is 5.75 Å². The van der Waals surface area contributed by atoms with Crippen molar-refractivity contribution in [2.24, 2.45) is 0 Å². The second-order valence-electron chi connectivity index (χ2n) is 8.76. The highest BCUT2D eigenvalue weighted by molar-refractivity contribution is 5.91. The van der Waals surface area contributed by atoms with Gasteiger partial charge in [-0.2, -0.15) is 4.98 Å². The first-order valence-corrected chi connectivity index (χ1v) is 11.8. The maximum Gasteiger partial charge on any atom is 0.282 e. The monoisotopic (exact) mass is 494 g/mol. The molecule has 4 heterocycles. The number of carbonyl (C=O) groups is 1. The fourth-order valence-electron chi connectivity index (χ4n) is 4.70. The third-order valence-corrected chi connectivity index (χ3v) is 6.57. The minimum Gasteiger partial charge on any atom is -0.506 e. The molecule has 0 spiro atoms. The highest BCUT2D eigenvalue weighted by Gasteiger charge is 2.26. The number of amides is 1. The quantitative estimate of drug-likeness (QED) is 0.546. The van der Waals surface area contributed by atoms with E-state index in [1.807, 2.05) is 9.80 Å². The number of fused-ring (bicyclic) bond motifs is 1. The van der Waals surface area contributed by atoms with Gasteiger partial charge < -0.3 is 24.5 Å². The van der Waals surface area contributed by atoms with Crippen molar-refractivity contribution in [3.8, 4) is 11.4 Å². The lowest BCUT2D eigenvalue weighted by Crippen LogP contribution is -2.49. The van der Waals surface area contributed by atoms with Crippen LogP contribution in [0.4, 0.5) is 16.2 Å². The molecule has 2 aliphatic rings. The van der Waals surface area contributed by atoms with Crippen LogP contribution in [0.3, 0.4) is 0 Å². The molecule has 2 aromatic heterocycles. The summed E-state index contributed by atoms with van der Waals surface area (Å²) in [6.45, 7) is 9.42. The van der Waals surface area contributed by atoms with Gasteiger partial charge in [-0.1, -0.05) is 12.6 Å². The Kier molecular flexibility index (Phi) is 6.31. The fourth-order valence-corrected chi connectivity index (χ4v) is 4.70. The largest absolute Gasteiger partial charge is 0.506 e. The van der Waals surface area contributed by atoms with Crippen LogP contribution in [-0.2, 0) is 9.53 Å². The summed E-state index contributed by atoms with van der Waals surface area (Å²) in [6, 6.07) is 5.65. The van der Waals surface area contributed by atoms with Gasteiger partial charge in [-0.3, -0.25) is 14.2 Å². The normalized spacial score (nSPS) is 16.4. The Hall–Kier alpha value is -3.99. The Morgan fingerprint density at radius 2 is 1.83 bits per heavy atom. The number of aromatic hydroxyl groups is 1. The predicted molar refractivity (Wildman–Crippen MR) is 134 cm³/mol. The van der Waals surface area contributed by atoms with E-state index in [9.17, 15) is 19.1 Å². The number of anilines is 2. The number of morpholine rings is 1. The van der Waals surface area contributed by atoms with Crippen LogP contribution in [0.1, 0.15) is 5.69 Å². The number of aromatic nitrogens is 3. The molecule has 0 saturated carbocycles. The van der Waals surface area contributed by atoms with Crippen LogP contribution in [0.25, 0.3) is 16.6 Å². The molecule has 11 heteroatoms. The second kappa shape index (κ2) is 9.57. The average molecular weight is 495 g/mol. The lowest BCUT2D eigenvalue weighted by atomic mass is 10.1. The topological polar surface area (TPSA) is 104 Å². The van der Waals surface area contributed by atoms with Crippen LogP contribution >= 0.6 is 0 Å². The first-order valence-electron chi connectivity index (χ1n) is 11.8. The number of para-hydroxylation sites is 1. The molecule has 2 fully saturated rings. The van der Waals surface area contributed by atoms with E-state index in [4.69, 9.17) is 9.72 Å². The summed E-state index contributed by atoms with van der Waals surface area (Å²) >= 11 is 0. The van der Waals surface area contributed by atoms with Gasteiger partial charge in [0.25, 0.3) is 5.56 Å².